The monoisotopic (exact) mass is 289 g/mol. The number of hydrogen-bond acceptors (Lipinski definition) is 4. The molecule has 0 bridgehead atoms. The van der Waals surface area contributed by atoms with Gasteiger partial charge in [0.05, 0.1) is 11.3 Å². The van der Waals surface area contributed by atoms with E-state index in [2.05, 4.69) is 41.4 Å². The molecule has 1 aromatic rings. The maximum Gasteiger partial charge on any atom is 0.103 e. The van der Waals surface area contributed by atoms with Crippen molar-refractivity contribution in [2.75, 3.05) is 30.8 Å². The van der Waals surface area contributed by atoms with Crippen molar-refractivity contribution >= 4 is 17.4 Å². The molecular formula is C16H23N3S. The van der Waals surface area contributed by atoms with Crippen LogP contribution in [0.15, 0.2) is 23.1 Å². The number of rotatable bonds is 5. The predicted octanol–water partition coefficient (Wildman–Crippen LogP) is 3.25. The fourth-order valence-electron chi connectivity index (χ4n) is 2.91. The first-order valence-electron chi connectivity index (χ1n) is 7.39. The largest absolute Gasteiger partial charge is 0.366 e. The summed E-state index contributed by atoms with van der Waals surface area (Å²) in [4.78, 5) is 3.54. The molecule has 1 fully saturated rings. The van der Waals surface area contributed by atoms with Crippen LogP contribution >= 0.6 is 11.8 Å². The first-order valence-corrected chi connectivity index (χ1v) is 8.37. The fourth-order valence-corrected chi connectivity index (χ4v) is 3.69. The number of benzene rings is 1. The molecule has 1 heterocycles. The summed E-state index contributed by atoms with van der Waals surface area (Å²) < 4.78 is 0. The van der Waals surface area contributed by atoms with Crippen molar-refractivity contribution in [3.8, 4) is 6.07 Å². The fraction of sp³-hybridized carbons (Fsp3) is 0.562. The number of nitriles is 1. The molecule has 1 aliphatic heterocycles. The van der Waals surface area contributed by atoms with E-state index in [4.69, 9.17) is 0 Å². The van der Waals surface area contributed by atoms with Crippen LogP contribution in [0.2, 0.25) is 0 Å². The summed E-state index contributed by atoms with van der Waals surface area (Å²) in [5, 5.41) is 12.9. The molecule has 0 radical (unpaired) electrons. The second-order valence-electron chi connectivity index (χ2n) is 5.10. The lowest BCUT2D eigenvalue weighted by Gasteiger charge is -2.38. The lowest BCUT2D eigenvalue weighted by Crippen LogP contribution is -2.45. The molecule has 108 valence electrons. The molecule has 20 heavy (non-hydrogen) atoms. The number of likely N-dealkylation sites (N-methyl/N-ethyl adjacent to an activating group) is 1. The van der Waals surface area contributed by atoms with E-state index in [9.17, 15) is 5.26 Å². The number of hydrogen-bond donors (Lipinski definition) is 1. The summed E-state index contributed by atoms with van der Waals surface area (Å²) in [5.41, 5.74) is 1.97. The van der Waals surface area contributed by atoms with Gasteiger partial charge >= 0.3 is 0 Å². The zero-order valence-electron chi connectivity index (χ0n) is 12.4. The summed E-state index contributed by atoms with van der Waals surface area (Å²) in [7, 11) is 2.00. The molecule has 0 spiro atoms. The van der Waals surface area contributed by atoms with E-state index in [0.717, 1.165) is 35.0 Å². The van der Waals surface area contributed by atoms with Crippen LogP contribution < -0.4 is 10.2 Å². The zero-order valence-corrected chi connectivity index (χ0v) is 13.2. The van der Waals surface area contributed by atoms with Crippen molar-refractivity contribution in [1.29, 1.82) is 5.26 Å². The second kappa shape index (κ2) is 7.56. The molecule has 1 unspecified atom stereocenters. The normalized spacial score (nSPS) is 18.9. The van der Waals surface area contributed by atoms with Crippen molar-refractivity contribution in [2.24, 2.45) is 0 Å². The van der Waals surface area contributed by atoms with Gasteiger partial charge in [0, 0.05) is 24.0 Å². The van der Waals surface area contributed by atoms with Gasteiger partial charge in [-0.15, -0.1) is 11.8 Å². The Morgan fingerprint density at radius 2 is 2.30 bits per heavy atom. The molecule has 4 heteroatoms. The SMILES string of the molecule is CCSc1cccc(N2CCCCC2CNC)c1C#N. The van der Waals surface area contributed by atoms with Gasteiger partial charge < -0.3 is 10.2 Å². The van der Waals surface area contributed by atoms with E-state index in [0.29, 0.717) is 6.04 Å². The van der Waals surface area contributed by atoms with E-state index < -0.39 is 0 Å². The van der Waals surface area contributed by atoms with Gasteiger partial charge in [0.25, 0.3) is 0 Å². The van der Waals surface area contributed by atoms with E-state index in [1.54, 1.807) is 11.8 Å². The molecule has 2 rings (SSSR count). The third-order valence-corrected chi connectivity index (χ3v) is 4.73. The van der Waals surface area contributed by atoms with Crippen LogP contribution in [-0.2, 0) is 0 Å². The maximum absolute atomic E-state index is 9.57. The Balaban J connectivity index is 2.34. The highest BCUT2D eigenvalue weighted by atomic mass is 32.2. The number of piperidine rings is 1. The number of thioether (sulfide) groups is 1. The summed E-state index contributed by atoms with van der Waals surface area (Å²) >= 11 is 1.75. The Morgan fingerprint density at radius 3 is 3.00 bits per heavy atom. The lowest BCUT2D eigenvalue weighted by atomic mass is 10.00. The number of nitrogens with zero attached hydrogens (tertiary/aromatic N) is 2. The van der Waals surface area contributed by atoms with E-state index >= 15 is 0 Å². The first kappa shape index (κ1) is 15.2. The number of nitrogens with one attached hydrogen (secondary N) is 1. The van der Waals surface area contributed by atoms with Crippen LogP contribution in [0.4, 0.5) is 5.69 Å². The Hall–Kier alpha value is -1.18. The van der Waals surface area contributed by atoms with Gasteiger partial charge in [-0.1, -0.05) is 13.0 Å². The zero-order chi connectivity index (χ0) is 14.4. The first-order chi connectivity index (χ1) is 9.81. The van der Waals surface area contributed by atoms with Crippen molar-refractivity contribution < 1.29 is 0 Å². The average molecular weight is 289 g/mol. The lowest BCUT2D eigenvalue weighted by molar-refractivity contribution is 0.446. The topological polar surface area (TPSA) is 39.1 Å². The van der Waals surface area contributed by atoms with E-state index in [1.807, 2.05) is 7.05 Å². The van der Waals surface area contributed by atoms with Crippen LogP contribution in [0.3, 0.4) is 0 Å². The van der Waals surface area contributed by atoms with Crippen LogP contribution in [0.5, 0.6) is 0 Å². The van der Waals surface area contributed by atoms with Crippen molar-refractivity contribution in [1.82, 2.24) is 5.32 Å². The molecule has 0 aliphatic carbocycles. The third-order valence-electron chi connectivity index (χ3n) is 3.79. The molecule has 1 saturated heterocycles. The van der Waals surface area contributed by atoms with Gasteiger partial charge in [0.1, 0.15) is 6.07 Å². The quantitative estimate of drug-likeness (QED) is 0.845. The van der Waals surface area contributed by atoms with E-state index in [-0.39, 0.29) is 0 Å². The van der Waals surface area contributed by atoms with Crippen LogP contribution in [-0.4, -0.2) is 31.9 Å². The number of anilines is 1. The molecular weight excluding hydrogens is 266 g/mol. The van der Waals surface area contributed by atoms with Gasteiger partial charge in [0.2, 0.25) is 0 Å². The van der Waals surface area contributed by atoms with Crippen LogP contribution in [0.1, 0.15) is 31.7 Å². The Bertz CT molecular complexity index is 479. The summed E-state index contributed by atoms with van der Waals surface area (Å²) in [6.45, 7) is 4.17. The molecule has 1 aromatic carbocycles. The molecule has 0 aromatic heterocycles. The Morgan fingerprint density at radius 1 is 1.45 bits per heavy atom. The minimum absolute atomic E-state index is 0.503. The molecule has 1 atom stereocenters. The molecule has 0 saturated carbocycles. The van der Waals surface area contributed by atoms with Gasteiger partial charge in [-0.2, -0.15) is 5.26 Å². The van der Waals surface area contributed by atoms with Crippen molar-refractivity contribution in [3.05, 3.63) is 23.8 Å². The highest BCUT2D eigenvalue weighted by Crippen LogP contribution is 2.33. The highest BCUT2D eigenvalue weighted by molar-refractivity contribution is 7.99. The molecule has 3 nitrogen and oxygen atoms in total. The Kier molecular flexibility index (Phi) is 5.75. The highest BCUT2D eigenvalue weighted by Gasteiger charge is 2.24. The minimum Gasteiger partial charge on any atom is -0.366 e. The van der Waals surface area contributed by atoms with Gasteiger partial charge in [-0.3, -0.25) is 0 Å². The smallest absolute Gasteiger partial charge is 0.103 e. The van der Waals surface area contributed by atoms with Crippen LogP contribution in [0, 0.1) is 11.3 Å². The Labute approximate surface area is 126 Å². The van der Waals surface area contributed by atoms with Crippen molar-refractivity contribution in [2.45, 2.75) is 37.1 Å². The van der Waals surface area contributed by atoms with Gasteiger partial charge in [0.15, 0.2) is 0 Å². The van der Waals surface area contributed by atoms with E-state index in [1.165, 1.54) is 19.3 Å². The summed E-state index contributed by atoms with van der Waals surface area (Å²) in [6.07, 6.45) is 3.71. The summed E-state index contributed by atoms with van der Waals surface area (Å²) in [5.74, 6) is 0.998. The van der Waals surface area contributed by atoms with Gasteiger partial charge in [-0.25, -0.2) is 0 Å². The minimum atomic E-state index is 0.503. The molecule has 1 aliphatic rings. The standard InChI is InChI=1S/C16H23N3S/c1-3-20-16-9-6-8-15(14(16)11-17)19-10-5-4-7-13(19)12-18-2/h6,8-9,13,18H,3-5,7,10,12H2,1-2H3. The third kappa shape index (κ3) is 3.28. The van der Waals surface area contributed by atoms with Gasteiger partial charge in [-0.05, 0) is 44.2 Å². The molecule has 1 N–H and O–H groups in total. The second-order valence-corrected chi connectivity index (χ2v) is 6.40. The van der Waals surface area contributed by atoms with Crippen molar-refractivity contribution in [3.63, 3.8) is 0 Å². The predicted molar refractivity (Wildman–Crippen MR) is 86.5 cm³/mol. The maximum atomic E-state index is 9.57. The summed E-state index contributed by atoms with van der Waals surface area (Å²) in [6, 6.07) is 9.18. The van der Waals surface area contributed by atoms with Crippen LogP contribution in [0.25, 0.3) is 0 Å². The molecule has 0 amide bonds. The average Bonchev–Trinajstić information content (AvgIpc) is 2.48.